The average Bonchev–Trinajstić information content (AvgIpc) is 3.41. The number of H-pyrrole nitrogens is 1. The minimum Gasteiger partial charge on any atom is -0.359 e. The summed E-state index contributed by atoms with van der Waals surface area (Å²) in [4.78, 5) is 0. The number of hydrogen-bond donors (Lipinski definition) is 1. The van der Waals surface area contributed by atoms with Crippen LogP contribution in [0.5, 0.6) is 0 Å². The number of nitrogens with one attached hydrogen (secondary N) is 1. The Morgan fingerprint density at radius 3 is 3.07 bits per heavy atom. The van der Waals surface area contributed by atoms with Crippen molar-refractivity contribution in [3.63, 3.8) is 0 Å². The van der Waals surface area contributed by atoms with Crippen LogP contribution in [0, 0.1) is 11.3 Å². The molecule has 1 N–H and O–H groups in total. The number of rotatable bonds is 1. The third-order valence-electron chi connectivity index (χ3n) is 8.97. The third kappa shape index (κ3) is 1.98. The molecule has 3 aliphatic carbocycles. The Bertz CT molecular complexity index is 1210. The van der Waals surface area contributed by atoms with Crippen LogP contribution in [0.1, 0.15) is 57.4 Å². The van der Waals surface area contributed by atoms with Crippen LogP contribution in [0.25, 0.3) is 16.5 Å². The van der Waals surface area contributed by atoms with Gasteiger partial charge in [-0.15, -0.1) is 0 Å². The van der Waals surface area contributed by atoms with Crippen LogP contribution in [-0.4, -0.2) is 21.4 Å². The van der Waals surface area contributed by atoms with E-state index < -0.39 is 0 Å². The molecule has 5 aliphatic rings. The molecule has 1 saturated carbocycles. The van der Waals surface area contributed by atoms with Gasteiger partial charge >= 0.3 is 0 Å². The Labute approximate surface area is 177 Å². The lowest BCUT2D eigenvalue weighted by Crippen LogP contribution is -2.53. The molecular weight excluding hydrogens is 368 g/mol. The van der Waals surface area contributed by atoms with Gasteiger partial charge in [0.15, 0.2) is 0 Å². The van der Waals surface area contributed by atoms with Crippen molar-refractivity contribution in [2.75, 3.05) is 0 Å². The summed E-state index contributed by atoms with van der Waals surface area (Å²) in [6.45, 7) is 6.81. The minimum atomic E-state index is -0.121. The first-order valence-electron chi connectivity index (χ1n) is 11.5. The van der Waals surface area contributed by atoms with Crippen molar-refractivity contribution in [1.82, 2.24) is 10.2 Å². The van der Waals surface area contributed by atoms with E-state index in [0.29, 0.717) is 5.92 Å². The number of fused-ring (bicyclic) bond motifs is 2. The first kappa shape index (κ1) is 17.3. The van der Waals surface area contributed by atoms with Crippen LogP contribution in [0.2, 0.25) is 0 Å². The second-order valence-electron chi connectivity index (χ2n) is 10.4. The molecule has 2 fully saturated rings. The molecule has 1 saturated heterocycles. The van der Waals surface area contributed by atoms with Crippen LogP contribution in [0.15, 0.2) is 65.9 Å². The van der Waals surface area contributed by atoms with Gasteiger partial charge in [0.1, 0.15) is 0 Å². The summed E-state index contributed by atoms with van der Waals surface area (Å²) >= 11 is 0. The Morgan fingerprint density at radius 1 is 1.20 bits per heavy atom. The zero-order chi connectivity index (χ0) is 20.1. The van der Waals surface area contributed by atoms with Crippen molar-refractivity contribution in [1.29, 1.82) is 0 Å². The molecule has 4 atom stereocenters. The predicted octanol–water partition coefficient (Wildman–Crippen LogP) is 6.27. The van der Waals surface area contributed by atoms with Gasteiger partial charge in [-0.2, -0.15) is 5.10 Å². The van der Waals surface area contributed by atoms with Crippen molar-refractivity contribution >= 4 is 16.5 Å². The van der Waals surface area contributed by atoms with Gasteiger partial charge in [0.2, 0.25) is 0 Å². The number of benzene rings is 1. The molecule has 3 heteroatoms. The molecular formula is C27H28N2O. The van der Waals surface area contributed by atoms with Crippen molar-refractivity contribution in [2.24, 2.45) is 11.3 Å². The monoisotopic (exact) mass is 396 g/mol. The molecule has 3 nitrogen and oxygen atoms in total. The second kappa shape index (κ2) is 5.45. The maximum absolute atomic E-state index is 7.23. The molecule has 2 spiro atoms. The molecule has 3 heterocycles. The first-order chi connectivity index (χ1) is 14.5. The summed E-state index contributed by atoms with van der Waals surface area (Å²) < 4.78 is 7.23. The Morgan fingerprint density at radius 2 is 2.13 bits per heavy atom. The fourth-order valence-corrected chi connectivity index (χ4v) is 7.48. The third-order valence-corrected chi connectivity index (χ3v) is 8.97. The van der Waals surface area contributed by atoms with Crippen molar-refractivity contribution in [3.05, 3.63) is 71.5 Å². The summed E-state index contributed by atoms with van der Waals surface area (Å²) in [5.41, 5.74) is 8.23. The minimum absolute atomic E-state index is 0.0670. The van der Waals surface area contributed by atoms with E-state index in [9.17, 15) is 0 Å². The van der Waals surface area contributed by atoms with E-state index in [2.05, 4.69) is 60.1 Å². The fourth-order valence-electron chi connectivity index (χ4n) is 7.48. The number of aromatic amines is 1. The number of aromatic nitrogens is 2. The van der Waals surface area contributed by atoms with E-state index in [1.165, 1.54) is 33.2 Å². The predicted molar refractivity (Wildman–Crippen MR) is 120 cm³/mol. The summed E-state index contributed by atoms with van der Waals surface area (Å²) in [7, 11) is 0. The van der Waals surface area contributed by atoms with Gasteiger partial charge < -0.3 is 4.74 Å². The topological polar surface area (TPSA) is 37.9 Å². The second-order valence-corrected chi connectivity index (χ2v) is 10.4. The van der Waals surface area contributed by atoms with E-state index in [4.69, 9.17) is 4.74 Å². The van der Waals surface area contributed by atoms with E-state index in [1.807, 2.05) is 6.20 Å². The van der Waals surface area contributed by atoms with Crippen LogP contribution < -0.4 is 0 Å². The molecule has 2 unspecified atom stereocenters. The number of nitrogens with zero attached hydrogens (tertiary/aromatic N) is 1. The Hall–Kier alpha value is -2.39. The van der Waals surface area contributed by atoms with Crippen LogP contribution in [0.3, 0.4) is 0 Å². The zero-order valence-corrected chi connectivity index (χ0v) is 17.6. The SMILES string of the molecule is C=C1CCC2=CC3=CCC4(C)C(c5ccc6cn[nH]c6c5)=CC[C@H]4C34CC[C@]2(C1)O4. The zero-order valence-electron chi connectivity index (χ0n) is 17.6. The number of hydrogen-bond acceptors (Lipinski definition) is 2. The van der Waals surface area contributed by atoms with Gasteiger partial charge in [-0.1, -0.05) is 49.4 Å². The summed E-state index contributed by atoms with van der Waals surface area (Å²) in [5.74, 6) is 0.504. The van der Waals surface area contributed by atoms with Gasteiger partial charge in [-0.05, 0) is 66.9 Å². The number of allylic oxidation sites excluding steroid dienone is 3. The lowest BCUT2D eigenvalue weighted by atomic mass is 9.58. The molecule has 1 aromatic carbocycles. The quantitative estimate of drug-likeness (QED) is 0.577. The van der Waals surface area contributed by atoms with Crippen molar-refractivity contribution in [2.45, 2.75) is 63.1 Å². The van der Waals surface area contributed by atoms with Crippen molar-refractivity contribution in [3.8, 4) is 0 Å². The van der Waals surface area contributed by atoms with Crippen LogP contribution in [-0.2, 0) is 4.74 Å². The average molecular weight is 397 g/mol. The molecule has 2 bridgehead atoms. The number of ether oxygens (including phenoxy) is 1. The lowest BCUT2D eigenvalue weighted by Gasteiger charge is -2.53. The molecule has 152 valence electrons. The molecule has 1 aromatic heterocycles. The highest BCUT2D eigenvalue weighted by molar-refractivity contribution is 5.84. The van der Waals surface area contributed by atoms with Gasteiger partial charge in [0.25, 0.3) is 0 Å². The standard InChI is InChI=1S/C27H28N2O/c1-17-3-6-20-14-21-9-10-25(2)22(18-4-5-19-16-28-29-23(19)13-18)7-8-24(25)27(21)12-11-26(20,15-17)30-27/h4-5,7,9,13-14,16,24H,1,3,6,8,10-12,15H2,2H3,(H,28,29)/t24-,25?,26-,27?/m1/s1. The summed E-state index contributed by atoms with van der Waals surface area (Å²) in [6.07, 6.45) is 17.2. The maximum atomic E-state index is 7.23. The molecule has 30 heavy (non-hydrogen) atoms. The van der Waals surface area contributed by atoms with Gasteiger partial charge in [0, 0.05) is 23.1 Å². The molecule has 0 amide bonds. The van der Waals surface area contributed by atoms with Gasteiger partial charge in [-0.3, -0.25) is 5.10 Å². The van der Waals surface area contributed by atoms with E-state index >= 15 is 0 Å². The van der Waals surface area contributed by atoms with E-state index in [0.717, 1.165) is 50.5 Å². The van der Waals surface area contributed by atoms with Gasteiger partial charge in [-0.25, -0.2) is 0 Å². The molecule has 7 rings (SSSR count). The first-order valence-corrected chi connectivity index (χ1v) is 11.5. The highest BCUT2D eigenvalue weighted by atomic mass is 16.5. The van der Waals surface area contributed by atoms with E-state index in [1.54, 1.807) is 0 Å². The van der Waals surface area contributed by atoms with Crippen molar-refractivity contribution < 1.29 is 4.74 Å². The van der Waals surface area contributed by atoms with Gasteiger partial charge in [0.05, 0.1) is 22.9 Å². The highest BCUT2D eigenvalue weighted by Crippen LogP contribution is 2.67. The van der Waals surface area contributed by atoms with Crippen LogP contribution in [0.4, 0.5) is 0 Å². The normalized spacial score (nSPS) is 39.2. The summed E-state index contributed by atoms with van der Waals surface area (Å²) in [6, 6.07) is 6.74. The summed E-state index contributed by atoms with van der Waals surface area (Å²) in [5, 5.41) is 8.52. The molecule has 2 aliphatic heterocycles. The van der Waals surface area contributed by atoms with Crippen LogP contribution >= 0.6 is 0 Å². The molecule has 2 aromatic rings. The Kier molecular flexibility index (Phi) is 3.14. The largest absolute Gasteiger partial charge is 0.359 e. The molecule has 0 radical (unpaired) electrons. The Balaban J connectivity index is 1.33. The maximum Gasteiger partial charge on any atom is 0.0981 e. The fraction of sp³-hybridized carbons (Fsp3) is 0.444. The lowest BCUT2D eigenvalue weighted by molar-refractivity contribution is -0.123. The van der Waals surface area contributed by atoms with E-state index in [-0.39, 0.29) is 16.6 Å². The highest BCUT2D eigenvalue weighted by Gasteiger charge is 2.64. The smallest absolute Gasteiger partial charge is 0.0981 e.